The minimum Gasteiger partial charge on any atom is -0.465 e. The third-order valence-electron chi connectivity index (χ3n) is 2.88. The summed E-state index contributed by atoms with van der Waals surface area (Å²) in [5.74, 6) is -0.376. The first-order valence-electron chi connectivity index (χ1n) is 6.03. The monoisotopic (exact) mass is 260 g/mol. The third kappa shape index (κ3) is 2.48. The fourth-order valence-electron chi connectivity index (χ4n) is 1.94. The minimum atomic E-state index is -0.376. The van der Waals surface area contributed by atoms with Gasteiger partial charge < -0.3 is 10.5 Å². The van der Waals surface area contributed by atoms with E-state index in [1.165, 1.54) is 7.11 Å². The quantitative estimate of drug-likeness (QED) is 0.831. The van der Waals surface area contributed by atoms with E-state index in [0.29, 0.717) is 12.1 Å². The molecule has 1 heterocycles. The number of nitrogens with zero attached hydrogens (tertiary/aromatic N) is 3. The lowest BCUT2D eigenvalue weighted by atomic mass is 10.2. The Labute approximate surface area is 111 Å². The van der Waals surface area contributed by atoms with Crippen LogP contribution in [0.15, 0.2) is 24.3 Å². The second-order valence-corrected chi connectivity index (χ2v) is 3.99. The van der Waals surface area contributed by atoms with Gasteiger partial charge in [0, 0.05) is 6.54 Å². The van der Waals surface area contributed by atoms with E-state index >= 15 is 0 Å². The summed E-state index contributed by atoms with van der Waals surface area (Å²) in [6, 6.07) is 7.06. The van der Waals surface area contributed by atoms with Crippen molar-refractivity contribution >= 4 is 5.97 Å². The summed E-state index contributed by atoms with van der Waals surface area (Å²) in [4.78, 5) is 11.5. The fourth-order valence-corrected chi connectivity index (χ4v) is 1.94. The van der Waals surface area contributed by atoms with Crippen molar-refractivity contribution in [3.63, 3.8) is 0 Å². The van der Waals surface area contributed by atoms with Gasteiger partial charge in [-0.15, -0.1) is 5.10 Å². The summed E-state index contributed by atoms with van der Waals surface area (Å²) in [6.07, 6.45) is 0.766. The minimum absolute atomic E-state index is 0.347. The normalized spacial score (nSPS) is 10.5. The van der Waals surface area contributed by atoms with E-state index in [-0.39, 0.29) is 5.97 Å². The molecule has 0 spiro atoms. The van der Waals surface area contributed by atoms with Gasteiger partial charge in [-0.2, -0.15) is 0 Å². The first-order chi connectivity index (χ1) is 9.21. The Morgan fingerprint density at radius 3 is 2.89 bits per heavy atom. The van der Waals surface area contributed by atoms with Gasteiger partial charge in [0.05, 0.1) is 29.7 Å². The molecule has 100 valence electrons. The van der Waals surface area contributed by atoms with Crippen LogP contribution < -0.4 is 5.73 Å². The third-order valence-corrected chi connectivity index (χ3v) is 2.88. The van der Waals surface area contributed by atoms with Crippen LogP contribution >= 0.6 is 0 Å². The number of rotatable bonds is 4. The molecule has 2 rings (SSSR count). The number of ether oxygens (including phenoxy) is 1. The Hall–Kier alpha value is -2.21. The number of carbonyl (C=O) groups is 1. The zero-order chi connectivity index (χ0) is 13.8. The van der Waals surface area contributed by atoms with Crippen LogP contribution in [0.1, 0.15) is 28.7 Å². The Morgan fingerprint density at radius 2 is 2.26 bits per heavy atom. The molecule has 0 atom stereocenters. The van der Waals surface area contributed by atoms with Gasteiger partial charge in [0.1, 0.15) is 0 Å². The molecule has 1 aromatic carbocycles. The van der Waals surface area contributed by atoms with E-state index in [4.69, 9.17) is 10.5 Å². The van der Waals surface area contributed by atoms with Gasteiger partial charge in [-0.05, 0) is 24.6 Å². The molecule has 0 aliphatic carbocycles. The van der Waals surface area contributed by atoms with E-state index < -0.39 is 0 Å². The van der Waals surface area contributed by atoms with E-state index in [1.54, 1.807) is 22.9 Å². The molecule has 0 bridgehead atoms. The fraction of sp³-hybridized carbons (Fsp3) is 0.308. The standard InChI is InChI=1S/C13H16N4O2/c1-3-12-11(8-14)15-16-17(12)10-6-4-5-9(7-10)13(18)19-2/h4-7H,3,8,14H2,1-2H3. The Balaban J connectivity index is 2.47. The van der Waals surface area contributed by atoms with E-state index in [1.807, 2.05) is 13.0 Å². The lowest BCUT2D eigenvalue weighted by Crippen LogP contribution is -2.07. The summed E-state index contributed by atoms with van der Waals surface area (Å²) in [7, 11) is 1.36. The molecule has 0 fully saturated rings. The van der Waals surface area contributed by atoms with Crippen LogP contribution in [0.3, 0.4) is 0 Å². The average molecular weight is 260 g/mol. The van der Waals surface area contributed by atoms with Crippen molar-refractivity contribution in [2.75, 3.05) is 7.11 Å². The Kier molecular flexibility index (Phi) is 3.91. The van der Waals surface area contributed by atoms with Crippen molar-refractivity contribution in [2.24, 2.45) is 5.73 Å². The molecule has 0 aliphatic heterocycles. The number of esters is 1. The maximum Gasteiger partial charge on any atom is 0.337 e. The van der Waals surface area contributed by atoms with Gasteiger partial charge >= 0.3 is 5.97 Å². The van der Waals surface area contributed by atoms with Crippen molar-refractivity contribution in [3.05, 3.63) is 41.2 Å². The van der Waals surface area contributed by atoms with Gasteiger partial charge in [-0.1, -0.05) is 18.2 Å². The summed E-state index contributed by atoms with van der Waals surface area (Å²) in [6.45, 7) is 2.36. The van der Waals surface area contributed by atoms with Crippen LogP contribution in [0.5, 0.6) is 0 Å². The topological polar surface area (TPSA) is 83.0 Å². The number of methoxy groups -OCH3 is 1. The Bertz CT molecular complexity index is 592. The number of benzene rings is 1. The van der Waals surface area contributed by atoms with E-state index in [2.05, 4.69) is 10.3 Å². The number of nitrogens with two attached hydrogens (primary N) is 1. The zero-order valence-electron chi connectivity index (χ0n) is 11.0. The predicted molar refractivity (Wildman–Crippen MR) is 70.0 cm³/mol. The molecule has 1 aromatic heterocycles. The highest BCUT2D eigenvalue weighted by Gasteiger charge is 2.13. The molecule has 0 radical (unpaired) electrons. The van der Waals surface area contributed by atoms with Gasteiger partial charge in [0.25, 0.3) is 0 Å². The van der Waals surface area contributed by atoms with Crippen molar-refractivity contribution in [3.8, 4) is 5.69 Å². The summed E-state index contributed by atoms with van der Waals surface area (Å²) >= 11 is 0. The molecule has 0 amide bonds. The van der Waals surface area contributed by atoms with Crippen LogP contribution in [0.4, 0.5) is 0 Å². The summed E-state index contributed by atoms with van der Waals surface area (Å²) in [5, 5.41) is 8.14. The summed E-state index contributed by atoms with van der Waals surface area (Å²) < 4.78 is 6.41. The lowest BCUT2D eigenvalue weighted by Gasteiger charge is -2.07. The number of carbonyl (C=O) groups excluding carboxylic acids is 1. The Morgan fingerprint density at radius 1 is 1.47 bits per heavy atom. The molecule has 2 aromatic rings. The molecule has 6 nitrogen and oxygen atoms in total. The number of hydrogen-bond acceptors (Lipinski definition) is 5. The molecule has 2 N–H and O–H groups in total. The van der Waals surface area contributed by atoms with Crippen molar-refractivity contribution < 1.29 is 9.53 Å². The zero-order valence-corrected chi connectivity index (χ0v) is 11.0. The SMILES string of the molecule is CCc1c(CN)nnn1-c1cccc(C(=O)OC)c1. The van der Waals surface area contributed by atoms with Crippen LogP contribution in [-0.2, 0) is 17.7 Å². The van der Waals surface area contributed by atoms with Gasteiger partial charge in [-0.25, -0.2) is 9.48 Å². The summed E-state index contributed by atoms with van der Waals surface area (Å²) in [5.41, 5.74) is 8.59. The second-order valence-electron chi connectivity index (χ2n) is 3.99. The second kappa shape index (κ2) is 5.62. The van der Waals surface area contributed by atoms with E-state index in [9.17, 15) is 4.79 Å². The van der Waals surface area contributed by atoms with Crippen molar-refractivity contribution in [1.82, 2.24) is 15.0 Å². The molecular weight excluding hydrogens is 244 g/mol. The highest BCUT2D eigenvalue weighted by molar-refractivity contribution is 5.89. The van der Waals surface area contributed by atoms with E-state index in [0.717, 1.165) is 23.5 Å². The highest BCUT2D eigenvalue weighted by atomic mass is 16.5. The lowest BCUT2D eigenvalue weighted by molar-refractivity contribution is 0.0600. The van der Waals surface area contributed by atoms with Crippen LogP contribution in [0.2, 0.25) is 0 Å². The molecule has 0 saturated carbocycles. The number of aromatic nitrogens is 3. The maximum absolute atomic E-state index is 11.5. The molecule has 19 heavy (non-hydrogen) atoms. The van der Waals surface area contributed by atoms with Gasteiger partial charge in [0.2, 0.25) is 0 Å². The largest absolute Gasteiger partial charge is 0.465 e. The van der Waals surface area contributed by atoms with Gasteiger partial charge in [0.15, 0.2) is 0 Å². The van der Waals surface area contributed by atoms with Crippen LogP contribution in [0, 0.1) is 0 Å². The van der Waals surface area contributed by atoms with Gasteiger partial charge in [-0.3, -0.25) is 0 Å². The molecule has 0 aliphatic rings. The molecule has 0 saturated heterocycles. The highest BCUT2D eigenvalue weighted by Crippen LogP contribution is 2.15. The number of hydrogen-bond donors (Lipinski definition) is 1. The smallest absolute Gasteiger partial charge is 0.337 e. The van der Waals surface area contributed by atoms with Crippen LogP contribution in [0.25, 0.3) is 5.69 Å². The maximum atomic E-state index is 11.5. The van der Waals surface area contributed by atoms with Crippen molar-refractivity contribution in [2.45, 2.75) is 19.9 Å². The average Bonchev–Trinajstić information content (AvgIpc) is 2.89. The molecule has 6 heteroatoms. The first-order valence-corrected chi connectivity index (χ1v) is 6.03. The van der Waals surface area contributed by atoms with Crippen LogP contribution in [-0.4, -0.2) is 28.1 Å². The molecule has 0 unspecified atom stereocenters. The first kappa shape index (κ1) is 13.2. The molecular formula is C13H16N4O2. The van der Waals surface area contributed by atoms with Crippen molar-refractivity contribution in [1.29, 1.82) is 0 Å². The predicted octanol–water partition coefficient (Wildman–Crippen LogP) is 1.07.